The number of methoxy groups -OCH3 is 1. The molecule has 2 aromatic carbocycles. The summed E-state index contributed by atoms with van der Waals surface area (Å²) >= 11 is 0. The molecule has 0 saturated heterocycles. The largest absolute Gasteiger partial charge is 0.497 e. The van der Waals surface area contributed by atoms with Gasteiger partial charge in [-0.05, 0) is 43.2 Å². The Morgan fingerprint density at radius 3 is 2.24 bits per heavy atom. The summed E-state index contributed by atoms with van der Waals surface area (Å²) in [6.45, 7) is 3.33. The van der Waals surface area contributed by atoms with Crippen LogP contribution in [0.1, 0.15) is 25.8 Å². The lowest BCUT2D eigenvalue weighted by atomic mass is 10.1. The van der Waals surface area contributed by atoms with E-state index in [0.717, 1.165) is 22.2 Å². The van der Waals surface area contributed by atoms with Crippen LogP contribution in [-0.2, 0) is 26.2 Å². The number of hydrogen-bond acceptors (Lipinski definition) is 5. The highest BCUT2D eigenvalue weighted by Crippen LogP contribution is 2.23. The number of carbonyl (C=O) groups excluding carboxylic acids is 2. The Bertz CT molecular complexity index is 1060. The molecule has 2 rings (SSSR count). The van der Waals surface area contributed by atoms with Crippen LogP contribution in [0.2, 0.25) is 0 Å². The third kappa shape index (κ3) is 6.92. The summed E-state index contributed by atoms with van der Waals surface area (Å²) in [6.07, 6.45) is 1.22. The van der Waals surface area contributed by atoms with E-state index in [1.54, 1.807) is 38.1 Å². The second-order valence-electron chi connectivity index (χ2n) is 7.41. The molecule has 0 fully saturated rings. The number of hydrogen-bond donors (Lipinski definition) is 1. The van der Waals surface area contributed by atoms with Gasteiger partial charge in [-0.1, -0.05) is 31.2 Å². The van der Waals surface area contributed by atoms with Crippen molar-refractivity contribution < 1.29 is 27.1 Å². The molecule has 8 nitrogen and oxygen atoms in total. The van der Waals surface area contributed by atoms with Crippen molar-refractivity contribution in [1.29, 1.82) is 0 Å². The lowest BCUT2D eigenvalue weighted by Gasteiger charge is -2.32. The Labute approximate surface area is 194 Å². The third-order valence-electron chi connectivity index (χ3n) is 5.05. The minimum absolute atomic E-state index is 0.0628. The normalized spacial score (nSPS) is 12.0. The maximum atomic E-state index is 14.4. The summed E-state index contributed by atoms with van der Waals surface area (Å²) in [5.74, 6) is -1.11. The van der Waals surface area contributed by atoms with E-state index in [1.807, 2.05) is 0 Å². The van der Waals surface area contributed by atoms with Crippen LogP contribution >= 0.6 is 0 Å². The Morgan fingerprint density at radius 2 is 1.73 bits per heavy atom. The highest BCUT2D eigenvalue weighted by molar-refractivity contribution is 7.92. The number of likely N-dealkylation sites (N-methyl/N-ethyl adjacent to an activating group) is 1. The van der Waals surface area contributed by atoms with Gasteiger partial charge in [-0.3, -0.25) is 13.9 Å². The summed E-state index contributed by atoms with van der Waals surface area (Å²) in [5.41, 5.74) is 0.493. The van der Waals surface area contributed by atoms with Gasteiger partial charge in [-0.2, -0.15) is 0 Å². The number of amides is 2. The van der Waals surface area contributed by atoms with Crippen LogP contribution in [-0.4, -0.2) is 57.6 Å². The van der Waals surface area contributed by atoms with Crippen molar-refractivity contribution in [2.75, 3.05) is 30.8 Å². The third-order valence-corrected chi connectivity index (χ3v) is 6.18. The van der Waals surface area contributed by atoms with Gasteiger partial charge >= 0.3 is 0 Å². The number of nitrogens with zero attached hydrogens (tertiary/aromatic N) is 2. The average molecular weight is 480 g/mol. The Balaban J connectivity index is 2.43. The molecule has 1 unspecified atom stereocenters. The van der Waals surface area contributed by atoms with Crippen molar-refractivity contribution >= 4 is 27.5 Å². The van der Waals surface area contributed by atoms with Crippen LogP contribution in [0.5, 0.6) is 5.75 Å². The van der Waals surface area contributed by atoms with E-state index in [0.29, 0.717) is 18.7 Å². The number of nitrogens with one attached hydrogen (secondary N) is 1. The van der Waals surface area contributed by atoms with Gasteiger partial charge in [-0.25, -0.2) is 12.8 Å². The molecule has 1 N–H and O–H groups in total. The zero-order chi connectivity index (χ0) is 24.6. The van der Waals surface area contributed by atoms with E-state index in [4.69, 9.17) is 4.74 Å². The van der Waals surface area contributed by atoms with Crippen molar-refractivity contribution in [2.24, 2.45) is 0 Å². The summed E-state index contributed by atoms with van der Waals surface area (Å²) in [7, 11) is -2.45. The van der Waals surface area contributed by atoms with Gasteiger partial charge in [0.15, 0.2) is 0 Å². The molecule has 2 aromatic rings. The minimum Gasteiger partial charge on any atom is -0.497 e. The Morgan fingerprint density at radius 1 is 1.09 bits per heavy atom. The van der Waals surface area contributed by atoms with Crippen LogP contribution in [0.15, 0.2) is 48.5 Å². The first-order chi connectivity index (χ1) is 15.6. The van der Waals surface area contributed by atoms with Gasteiger partial charge in [0.25, 0.3) is 0 Å². The van der Waals surface area contributed by atoms with E-state index in [2.05, 4.69) is 5.32 Å². The smallest absolute Gasteiger partial charge is 0.244 e. The second kappa shape index (κ2) is 11.6. The van der Waals surface area contributed by atoms with Crippen molar-refractivity contribution in [2.45, 2.75) is 32.9 Å². The zero-order valence-corrected chi connectivity index (χ0v) is 20.1. The summed E-state index contributed by atoms with van der Waals surface area (Å²) in [6, 6.07) is 11.5. The number of benzene rings is 2. The molecule has 2 amide bonds. The number of anilines is 1. The van der Waals surface area contributed by atoms with Crippen LogP contribution < -0.4 is 14.4 Å². The van der Waals surface area contributed by atoms with E-state index in [1.165, 1.54) is 30.2 Å². The average Bonchev–Trinajstić information content (AvgIpc) is 2.77. The molecule has 33 heavy (non-hydrogen) atoms. The first-order valence-electron chi connectivity index (χ1n) is 10.5. The molecule has 0 radical (unpaired) electrons. The zero-order valence-electron chi connectivity index (χ0n) is 19.2. The second-order valence-corrected chi connectivity index (χ2v) is 9.32. The van der Waals surface area contributed by atoms with Crippen molar-refractivity contribution in [3.05, 3.63) is 59.9 Å². The molecule has 1 atom stereocenters. The van der Waals surface area contributed by atoms with Crippen molar-refractivity contribution in [1.82, 2.24) is 10.2 Å². The number of carbonyl (C=O) groups is 2. The topological polar surface area (TPSA) is 96.0 Å². The van der Waals surface area contributed by atoms with Gasteiger partial charge in [0, 0.05) is 13.1 Å². The first-order valence-corrected chi connectivity index (χ1v) is 12.4. The summed E-state index contributed by atoms with van der Waals surface area (Å²) in [4.78, 5) is 27.4. The molecule has 0 saturated carbocycles. The maximum absolute atomic E-state index is 14.4. The molecule has 10 heteroatoms. The van der Waals surface area contributed by atoms with Crippen LogP contribution in [0.4, 0.5) is 10.1 Å². The van der Waals surface area contributed by atoms with E-state index < -0.39 is 34.3 Å². The van der Waals surface area contributed by atoms with Crippen molar-refractivity contribution in [3.63, 3.8) is 0 Å². The number of rotatable bonds is 11. The monoisotopic (exact) mass is 479 g/mol. The van der Waals surface area contributed by atoms with E-state index >= 15 is 0 Å². The molecule has 0 bridgehead atoms. The van der Waals surface area contributed by atoms with Gasteiger partial charge in [-0.15, -0.1) is 0 Å². The van der Waals surface area contributed by atoms with E-state index in [9.17, 15) is 22.4 Å². The van der Waals surface area contributed by atoms with Gasteiger partial charge < -0.3 is 15.0 Å². The molecule has 0 aliphatic carbocycles. The lowest BCUT2D eigenvalue weighted by molar-refractivity contribution is -0.140. The van der Waals surface area contributed by atoms with E-state index in [-0.39, 0.29) is 18.1 Å². The molecule has 0 heterocycles. The standard InChI is InChI=1S/C23H30FN3O5S/c1-5-20(23(29)25-6-2)26(15-17-11-13-18(32-3)14-12-17)22(28)16-27(33(4,30)31)21-10-8-7-9-19(21)24/h7-14,20H,5-6,15-16H2,1-4H3,(H,25,29). The minimum atomic E-state index is -3.99. The molecular weight excluding hydrogens is 449 g/mol. The van der Waals surface area contributed by atoms with Gasteiger partial charge in [0.1, 0.15) is 24.2 Å². The SMILES string of the molecule is CCNC(=O)C(CC)N(Cc1ccc(OC)cc1)C(=O)CN(c1ccccc1F)S(C)(=O)=O. The predicted molar refractivity (Wildman–Crippen MR) is 125 cm³/mol. The highest BCUT2D eigenvalue weighted by atomic mass is 32.2. The fraction of sp³-hybridized carbons (Fsp3) is 0.391. The lowest BCUT2D eigenvalue weighted by Crippen LogP contribution is -2.52. The van der Waals surface area contributed by atoms with Crippen LogP contribution in [0, 0.1) is 5.82 Å². The summed E-state index contributed by atoms with van der Waals surface area (Å²) in [5, 5.41) is 2.72. The van der Waals surface area contributed by atoms with Crippen LogP contribution in [0.25, 0.3) is 0 Å². The fourth-order valence-corrected chi connectivity index (χ4v) is 4.24. The number of para-hydroxylation sites is 1. The molecule has 0 aliphatic rings. The summed E-state index contributed by atoms with van der Waals surface area (Å²) < 4.78 is 45.1. The quantitative estimate of drug-likeness (QED) is 0.534. The molecule has 180 valence electrons. The van der Waals surface area contributed by atoms with Gasteiger partial charge in [0.2, 0.25) is 21.8 Å². The molecule has 0 spiro atoms. The number of halogens is 1. The van der Waals surface area contributed by atoms with Crippen LogP contribution in [0.3, 0.4) is 0 Å². The predicted octanol–water partition coefficient (Wildman–Crippen LogP) is 2.54. The number of sulfonamides is 1. The molecular formula is C23H30FN3O5S. The molecule has 0 aliphatic heterocycles. The maximum Gasteiger partial charge on any atom is 0.244 e. The van der Waals surface area contributed by atoms with Gasteiger partial charge in [0.05, 0.1) is 19.1 Å². The number of ether oxygens (including phenoxy) is 1. The Hall–Kier alpha value is -3.14. The Kier molecular flexibility index (Phi) is 9.22. The molecule has 0 aromatic heterocycles. The fourth-order valence-electron chi connectivity index (χ4n) is 3.39. The van der Waals surface area contributed by atoms with Crippen molar-refractivity contribution in [3.8, 4) is 5.75 Å². The highest BCUT2D eigenvalue weighted by Gasteiger charge is 2.32. The first kappa shape index (κ1) is 26.1.